The van der Waals surface area contributed by atoms with Crippen molar-refractivity contribution in [2.24, 2.45) is 5.41 Å². The summed E-state index contributed by atoms with van der Waals surface area (Å²) in [4.78, 5) is 25.4. The number of carbonyl (C=O) groups excluding carboxylic acids is 2. The maximum absolute atomic E-state index is 12.0. The highest BCUT2D eigenvalue weighted by Gasteiger charge is 2.69. The Labute approximate surface area is 133 Å². The zero-order valence-electron chi connectivity index (χ0n) is 11.6. The third-order valence-corrected chi connectivity index (χ3v) is 5.24. The first-order valence-electron chi connectivity index (χ1n) is 6.84. The molecule has 1 saturated heterocycles. The first kappa shape index (κ1) is 14.7. The average Bonchev–Trinajstić information content (AvgIpc) is 2.76. The van der Waals surface area contributed by atoms with Crippen molar-refractivity contribution >= 4 is 40.8 Å². The Hall–Kier alpha value is -1.26. The van der Waals surface area contributed by atoms with E-state index in [-0.39, 0.29) is 5.91 Å². The van der Waals surface area contributed by atoms with Crippen molar-refractivity contribution < 1.29 is 14.3 Å². The number of halogens is 2. The van der Waals surface area contributed by atoms with Crippen LogP contribution in [0.2, 0.25) is 0 Å². The second-order valence-electron chi connectivity index (χ2n) is 5.75. The maximum Gasteiger partial charge on any atom is 0.320 e. The molecule has 21 heavy (non-hydrogen) atoms. The van der Waals surface area contributed by atoms with Crippen LogP contribution in [0.25, 0.3) is 0 Å². The lowest BCUT2D eigenvalue weighted by Gasteiger charge is -2.16. The Kier molecular flexibility index (Phi) is 3.41. The fourth-order valence-electron chi connectivity index (χ4n) is 2.46. The maximum atomic E-state index is 12.0. The largest absolute Gasteiger partial charge is 0.426 e. The molecule has 0 N–H and O–H groups in total. The minimum absolute atomic E-state index is 0.124. The quantitative estimate of drug-likeness (QED) is 0.486. The van der Waals surface area contributed by atoms with Crippen molar-refractivity contribution in [3.05, 3.63) is 24.3 Å². The summed E-state index contributed by atoms with van der Waals surface area (Å²) in [5.74, 6) is 0.115. The number of nitrogens with zero attached hydrogens (tertiary/aromatic N) is 1. The molecule has 1 aliphatic carbocycles. The second-order valence-corrected chi connectivity index (χ2v) is 7.23. The molecule has 1 amide bonds. The highest BCUT2D eigenvalue weighted by Crippen LogP contribution is 2.64. The summed E-state index contributed by atoms with van der Waals surface area (Å²) in [5.41, 5.74) is -0.0290. The van der Waals surface area contributed by atoms with E-state index in [1.165, 1.54) is 0 Å². The zero-order valence-corrected chi connectivity index (χ0v) is 13.1. The number of ether oxygens (including phenoxy) is 1. The van der Waals surface area contributed by atoms with Gasteiger partial charge in [-0.2, -0.15) is 0 Å². The third kappa shape index (κ3) is 2.51. The predicted octanol–water partition coefficient (Wildman–Crippen LogP) is 3.30. The third-order valence-electron chi connectivity index (χ3n) is 4.14. The fraction of sp³-hybridized carbons (Fsp3) is 0.467. The van der Waals surface area contributed by atoms with Gasteiger partial charge in [0.25, 0.3) is 0 Å². The molecule has 2 fully saturated rings. The molecule has 1 saturated carbocycles. The van der Waals surface area contributed by atoms with E-state index < -0.39 is 15.7 Å². The van der Waals surface area contributed by atoms with Gasteiger partial charge in [0.05, 0.1) is 0 Å². The molecule has 1 unspecified atom stereocenters. The molecule has 2 aliphatic rings. The minimum Gasteiger partial charge on any atom is -0.426 e. The van der Waals surface area contributed by atoms with E-state index in [2.05, 4.69) is 0 Å². The Balaban J connectivity index is 1.68. The van der Waals surface area contributed by atoms with Crippen LogP contribution >= 0.6 is 23.2 Å². The fourth-order valence-corrected chi connectivity index (χ4v) is 3.15. The summed E-state index contributed by atoms with van der Waals surface area (Å²) in [7, 11) is 0. The standard InChI is InChI=1S/C15H15Cl2NO3/c1-14(9-15(14,16)17)13(20)21-11-6-4-10(5-7-11)18-8-2-3-12(18)19/h4-7H,2-3,8-9H2,1H3. The van der Waals surface area contributed by atoms with E-state index >= 15 is 0 Å². The zero-order chi connectivity index (χ0) is 15.3. The van der Waals surface area contributed by atoms with Crippen molar-refractivity contribution in [2.75, 3.05) is 11.4 Å². The number of hydrogen-bond donors (Lipinski definition) is 0. The van der Waals surface area contributed by atoms with Crippen molar-refractivity contribution in [2.45, 2.75) is 30.5 Å². The molecule has 6 heteroatoms. The number of rotatable bonds is 3. The molecule has 112 valence electrons. The van der Waals surface area contributed by atoms with Crippen molar-refractivity contribution in [1.29, 1.82) is 0 Å². The van der Waals surface area contributed by atoms with Gasteiger partial charge in [-0.25, -0.2) is 0 Å². The molecule has 1 aromatic rings. The van der Waals surface area contributed by atoms with Gasteiger partial charge in [0, 0.05) is 25.1 Å². The van der Waals surface area contributed by atoms with E-state index in [0.29, 0.717) is 18.6 Å². The lowest BCUT2D eigenvalue weighted by Crippen LogP contribution is -2.24. The summed E-state index contributed by atoms with van der Waals surface area (Å²) >= 11 is 11.9. The van der Waals surface area contributed by atoms with E-state index in [9.17, 15) is 9.59 Å². The normalized spacial score (nSPS) is 26.8. The Morgan fingerprint density at radius 1 is 1.29 bits per heavy atom. The molecule has 1 heterocycles. The predicted molar refractivity (Wildman–Crippen MR) is 80.8 cm³/mol. The van der Waals surface area contributed by atoms with E-state index in [1.54, 1.807) is 36.1 Å². The number of alkyl halides is 2. The highest BCUT2D eigenvalue weighted by atomic mass is 35.5. The summed E-state index contributed by atoms with van der Waals surface area (Å²) in [6.45, 7) is 2.42. The van der Waals surface area contributed by atoms with Gasteiger partial charge in [0.1, 0.15) is 15.5 Å². The van der Waals surface area contributed by atoms with E-state index in [4.69, 9.17) is 27.9 Å². The highest BCUT2D eigenvalue weighted by molar-refractivity contribution is 6.53. The number of carbonyl (C=O) groups is 2. The molecule has 0 aromatic heterocycles. The Bertz CT molecular complexity index is 599. The first-order valence-corrected chi connectivity index (χ1v) is 7.60. The van der Waals surface area contributed by atoms with Gasteiger partial charge in [-0.1, -0.05) is 0 Å². The number of hydrogen-bond acceptors (Lipinski definition) is 3. The van der Waals surface area contributed by atoms with Gasteiger partial charge in [0.2, 0.25) is 5.91 Å². The molecule has 0 spiro atoms. The SMILES string of the molecule is CC1(C(=O)Oc2ccc(N3CCCC3=O)cc2)CC1(Cl)Cl. The molecule has 1 aliphatic heterocycles. The lowest BCUT2D eigenvalue weighted by atomic mass is 10.1. The monoisotopic (exact) mass is 327 g/mol. The molecule has 0 bridgehead atoms. The smallest absolute Gasteiger partial charge is 0.320 e. The number of esters is 1. The van der Waals surface area contributed by atoms with Crippen LogP contribution in [-0.4, -0.2) is 22.8 Å². The molecule has 0 radical (unpaired) electrons. The van der Waals surface area contributed by atoms with Gasteiger partial charge in [-0.05, 0) is 37.6 Å². The lowest BCUT2D eigenvalue weighted by molar-refractivity contribution is -0.139. The Morgan fingerprint density at radius 2 is 1.90 bits per heavy atom. The van der Waals surface area contributed by atoms with E-state index in [1.807, 2.05) is 0 Å². The van der Waals surface area contributed by atoms with E-state index in [0.717, 1.165) is 18.7 Å². The minimum atomic E-state index is -1.04. The van der Waals surface area contributed by atoms with Crippen molar-refractivity contribution in [3.63, 3.8) is 0 Å². The summed E-state index contributed by atoms with van der Waals surface area (Å²) < 4.78 is 4.27. The van der Waals surface area contributed by atoms with Crippen LogP contribution < -0.4 is 9.64 Å². The molecule has 4 nitrogen and oxygen atoms in total. The van der Waals surface area contributed by atoms with Gasteiger partial charge < -0.3 is 9.64 Å². The van der Waals surface area contributed by atoms with Gasteiger partial charge >= 0.3 is 5.97 Å². The number of benzene rings is 1. The molecule has 3 rings (SSSR count). The van der Waals surface area contributed by atoms with Gasteiger partial charge in [-0.15, -0.1) is 23.2 Å². The van der Waals surface area contributed by atoms with Crippen molar-refractivity contribution in [1.82, 2.24) is 0 Å². The topological polar surface area (TPSA) is 46.6 Å². The van der Waals surface area contributed by atoms with Crippen LogP contribution in [0.5, 0.6) is 5.75 Å². The van der Waals surface area contributed by atoms with Crippen molar-refractivity contribution in [3.8, 4) is 5.75 Å². The molecule has 1 aromatic carbocycles. The average molecular weight is 328 g/mol. The van der Waals surface area contributed by atoms with Gasteiger partial charge in [-0.3, -0.25) is 9.59 Å². The summed E-state index contributed by atoms with van der Waals surface area (Å²) in [5, 5.41) is 0. The van der Waals surface area contributed by atoms with Gasteiger partial charge in [0.15, 0.2) is 0 Å². The van der Waals surface area contributed by atoms with Crippen LogP contribution in [-0.2, 0) is 9.59 Å². The Morgan fingerprint density at radius 3 is 2.38 bits per heavy atom. The summed E-state index contributed by atoms with van der Waals surface area (Å²) in [6.07, 6.45) is 1.85. The van der Waals surface area contributed by atoms with Crippen LogP contribution in [0.15, 0.2) is 24.3 Å². The van der Waals surface area contributed by atoms with Crippen LogP contribution in [0.1, 0.15) is 26.2 Å². The number of anilines is 1. The van der Waals surface area contributed by atoms with Crippen LogP contribution in [0.3, 0.4) is 0 Å². The molecular formula is C15H15Cl2NO3. The molecule has 1 atom stereocenters. The van der Waals surface area contributed by atoms with Crippen LogP contribution in [0, 0.1) is 5.41 Å². The summed E-state index contributed by atoms with van der Waals surface area (Å²) in [6, 6.07) is 6.90. The number of amides is 1. The second kappa shape index (κ2) is 4.89. The molecular weight excluding hydrogens is 313 g/mol. The first-order chi connectivity index (χ1) is 9.83. The van der Waals surface area contributed by atoms with Crippen LogP contribution in [0.4, 0.5) is 5.69 Å².